The van der Waals surface area contributed by atoms with Gasteiger partial charge in [0.25, 0.3) is 0 Å². The molecule has 1 aromatic rings. The highest BCUT2D eigenvalue weighted by Gasteiger charge is 2.31. The zero-order chi connectivity index (χ0) is 23.6. The molecule has 0 spiro atoms. The Morgan fingerprint density at radius 3 is 2.26 bits per heavy atom. The molecule has 0 aromatic carbocycles. The number of carboxylic acids is 1. The molecule has 1 heterocycles. The van der Waals surface area contributed by atoms with Gasteiger partial charge in [0.05, 0.1) is 19.0 Å². The quantitative estimate of drug-likeness (QED) is 0.149. The number of hydrogen-bond acceptors (Lipinski definition) is 8. The molecular weight excluding hydrogens is 414 g/mol. The molecule has 31 heavy (non-hydrogen) atoms. The average Bonchev–Trinajstić information content (AvgIpc) is 3.20. The number of nitrogens with one attached hydrogen (secondary N) is 4. The van der Waals surface area contributed by atoms with E-state index in [-0.39, 0.29) is 19.3 Å². The molecular formula is C17H27N7O7. The molecule has 0 radical (unpaired) electrons. The second kappa shape index (κ2) is 12.2. The van der Waals surface area contributed by atoms with Crippen molar-refractivity contribution in [3.05, 3.63) is 18.2 Å². The lowest BCUT2D eigenvalue weighted by Crippen LogP contribution is -2.58. The Balaban J connectivity index is 3.03. The number of aliphatic carboxylic acids is 1. The maximum Gasteiger partial charge on any atom is 0.328 e. The molecule has 0 aliphatic carbocycles. The van der Waals surface area contributed by atoms with Crippen LogP contribution in [0.4, 0.5) is 0 Å². The molecule has 172 valence electrons. The van der Waals surface area contributed by atoms with Gasteiger partial charge in [0.1, 0.15) is 12.1 Å². The molecule has 4 unspecified atom stereocenters. The summed E-state index contributed by atoms with van der Waals surface area (Å²) in [4.78, 5) is 65.9. The summed E-state index contributed by atoms with van der Waals surface area (Å²) in [6.07, 6.45) is 0.879. The van der Waals surface area contributed by atoms with Crippen molar-refractivity contribution in [1.29, 1.82) is 0 Å². The van der Waals surface area contributed by atoms with Crippen LogP contribution in [-0.4, -0.2) is 80.6 Å². The van der Waals surface area contributed by atoms with Crippen LogP contribution < -0.4 is 27.4 Å². The van der Waals surface area contributed by atoms with Crippen LogP contribution in [0.1, 0.15) is 25.5 Å². The Morgan fingerprint density at radius 1 is 1.13 bits per heavy atom. The van der Waals surface area contributed by atoms with E-state index < -0.39 is 60.4 Å². The fourth-order valence-electron chi connectivity index (χ4n) is 2.55. The number of aromatic nitrogens is 2. The first-order valence-electron chi connectivity index (χ1n) is 9.31. The third-order valence-electron chi connectivity index (χ3n) is 4.17. The highest BCUT2D eigenvalue weighted by molar-refractivity contribution is 5.94. The molecule has 14 heteroatoms. The van der Waals surface area contributed by atoms with Gasteiger partial charge >= 0.3 is 5.97 Å². The van der Waals surface area contributed by atoms with E-state index in [9.17, 15) is 29.1 Å². The Labute approximate surface area is 177 Å². The lowest BCUT2D eigenvalue weighted by Gasteiger charge is -2.25. The van der Waals surface area contributed by atoms with Gasteiger partial charge in [-0.25, -0.2) is 9.78 Å². The molecule has 1 aromatic heterocycles. The van der Waals surface area contributed by atoms with Gasteiger partial charge in [0.2, 0.25) is 23.6 Å². The zero-order valence-electron chi connectivity index (χ0n) is 16.8. The molecule has 0 bridgehead atoms. The van der Waals surface area contributed by atoms with Gasteiger partial charge in [-0.05, 0) is 13.3 Å². The first-order chi connectivity index (χ1) is 14.5. The van der Waals surface area contributed by atoms with Crippen molar-refractivity contribution in [3.8, 4) is 0 Å². The average molecular weight is 441 g/mol. The van der Waals surface area contributed by atoms with Gasteiger partial charge < -0.3 is 42.6 Å². The van der Waals surface area contributed by atoms with Crippen LogP contribution in [0.5, 0.6) is 0 Å². The summed E-state index contributed by atoms with van der Waals surface area (Å²) in [6.45, 7) is 0.775. The predicted octanol–water partition coefficient (Wildman–Crippen LogP) is -3.90. The van der Waals surface area contributed by atoms with Crippen LogP contribution in [-0.2, 0) is 30.4 Å². The molecule has 0 saturated heterocycles. The van der Waals surface area contributed by atoms with E-state index in [4.69, 9.17) is 16.6 Å². The zero-order valence-corrected chi connectivity index (χ0v) is 16.8. The monoisotopic (exact) mass is 441 g/mol. The third-order valence-corrected chi connectivity index (χ3v) is 4.17. The molecule has 1 rings (SSSR count). The molecule has 0 aliphatic rings. The van der Waals surface area contributed by atoms with Gasteiger partial charge in [-0.2, -0.15) is 0 Å². The minimum atomic E-state index is -1.61. The Kier molecular flexibility index (Phi) is 10.1. The molecule has 4 atom stereocenters. The summed E-state index contributed by atoms with van der Waals surface area (Å²) in [6, 6.07) is -4.12. The SMILES string of the molecule is CC(O)C(NC(=O)C(Cc1cnc[nH]1)NC(=O)C(CCC(N)=O)NC(=O)CN)C(=O)O. The molecule has 0 fully saturated rings. The second-order valence-corrected chi connectivity index (χ2v) is 6.74. The summed E-state index contributed by atoms with van der Waals surface area (Å²) in [7, 11) is 0. The number of carboxylic acid groups (broad SMARTS) is 1. The third kappa shape index (κ3) is 8.79. The fraction of sp³-hybridized carbons (Fsp3) is 0.529. The van der Waals surface area contributed by atoms with Crippen LogP contribution in [0.3, 0.4) is 0 Å². The number of nitrogens with zero attached hydrogens (tertiary/aromatic N) is 1. The van der Waals surface area contributed by atoms with Crippen molar-refractivity contribution in [2.45, 2.75) is 50.4 Å². The van der Waals surface area contributed by atoms with Crippen LogP contribution >= 0.6 is 0 Å². The summed E-state index contributed by atoms with van der Waals surface area (Å²) < 4.78 is 0. The highest BCUT2D eigenvalue weighted by atomic mass is 16.4. The first-order valence-corrected chi connectivity index (χ1v) is 9.31. The van der Waals surface area contributed by atoms with Crippen molar-refractivity contribution in [2.75, 3.05) is 6.54 Å². The number of amides is 4. The first kappa shape index (κ1) is 25.5. The molecule has 0 aliphatic heterocycles. The lowest BCUT2D eigenvalue weighted by molar-refractivity contribution is -0.145. The van der Waals surface area contributed by atoms with Gasteiger partial charge in [-0.3, -0.25) is 19.2 Å². The van der Waals surface area contributed by atoms with E-state index in [1.54, 1.807) is 0 Å². The predicted molar refractivity (Wildman–Crippen MR) is 105 cm³/mol. The van der Waals surface area contributed by atoms with E-state index >= 15 is 0 Å². The number of imidazole rings is 1. The van der Waals surface area contributed by atoms with Crippen molar-refractivity contribution in [2.24, 2.45) is 11.5 Å². The van der Waals surface area contributed by atoms with E-state index in [0.29, 0.717) is 5.69 Å². The minimum Gasteiger partial charge on any atom is -0.480 e. The number of H-pyrrole nitrogens is 1. The summed E-state index contributed by atoms with van der Waals surface area (Å²) in [5.41, 5.74) is 10.8. The fourth-order valence-corrected chi connectivity index (χ4v) is 2.55. The Bertz CT molecular complexity index is 782. The minimum absolute atomic E-state index is 0.100. The number of aromatic amines is 1. The van der Waals surface area contributed by atoms with E-state index in [0.717, 1.165) is 0 Å². The number of aliphatic hydroxyl groups excluding tert-OH is 1. The van der Waals surface area contributed by atoms with Crippen molar-refractivity contribution < 1.29 is 34.2 Å². The molecule has 0 saturated carbocycles. The number of aliphatic hydroxyl groups is 1. The van der Waals surface area contributed by atoms with E-state index in [2.05, 4.69) is 25.9 Å². The highest BCUT2D eigenvalue weighted by Crippen LogP contribution is 2.04. The molecule has 4 amide bonds. The topological polar surface area (TPSA) is 243 Å². The van der Waals surface area contributed by atoms with Crippen molar-refractivity contribution >= 4 is 29.6 Å². The smallest absolute Gasteiger partial charge is 0.328 e. The van der Waals surface area contributed by atoms with Gasteiger partial charge in [0, 0.05) is 24.7 Å². The van der Waals surface area contributed by atoms with E-state index in [1.807, 2.05) is 0 Å². The standard InChI is InChI=1S/C17H27N7O7/c1-8(25)14(17(30)31)24-16(29)11(4-9-6-20-7-21-9)23-15(28)10(2-3-12(19)26)22-13(27)5-18/h6-8,10-11,14,25H,2-5,18H2,1H3,(H2,19,26)(H,20,21)(H,22,27)(H,23,28)(H,24,29)(H,30,31). The van der Waals surface area contributed by atoms with Crippen molar-refractivity contribution in [3.63, 3.8) is 0 Å². The number of rotatable bonds is 13. The summed E-state index contributed by atoms with van der Waals surface area (Å²) >= 11 is 0. The van der Waals surface area contributed by atoms with Crippen LogP contribution in [0.15, 0.2) is 12.5 Å². The van der Waals surface area contributed by atoms with Crippen LogP contribution in [0.2, 0.25) is 0 Å². The number of hydrogen-bond donors (Lipinski definition) is 8. The largest absolute Gasteiger partial charge is 0.480 e. The van der Waals surface area contributed by atoms with Gasteiger partial charge in [-0.1, -0.05) is 0 Å². The van der Waals surface area contributed by atoms with Crippen molar-refractivity contribution in [1.82, 2.24) is 25.9 Å². The lowest BCUT2D eigenvalue weighted by atomic mass is 10.1. The summed E-state index contributed by atoms with van der Waals surface area (Å²) in [5, 5.41) is 25.7. The number of primary amides is 1. The Hall–Kier alpha value is -3.52. The number of carbonyl (C=O) groups excluding carboxylic acids is 4. The molecule has 14 nitrogen and oxygen atoms in total. The second-order valence-electron chi connectivity index (χ2n) is 6.74. The normalized spacial score (nSPS) is 14.5. The number of nitrogens with two attached hydrogens (primary N) is 2. The van der Waals surface area contributed by atoms with E-state index in [1.165, 1.54) is 19.4 Å². The Morgan fingerprint density at radius 2 is 1.77 bits per heavy atom. The summed E-state index contributed by atoms with van der Waals surface area (Å²) in [5.74, 6) is -4.54. The molecule has 10 N–H and O–H groups in total. The number of carbonyl (C=O) groups is 5. The van der Waals surface area contributed by atoms with Crippen LogP contribution in [0, 0.1) is 0 Å². The van der Waals surface area contributed by atoms with Crippen LogP contribution in [0.25, 0.3) is 0 Å². The maximum absolute atomic E-state index is 12.7. The van der Waals surface area contributed by atoms with Gasteiger partial charge in [-0.15, -0.1) is 0 Å². The maximum atomic E-state index is 12.7. The van der Waals surface area contributed by atoms with Gasteiger partial charge in [0.15, 0.2) is 6.04 Å².